The Morgan fingerprint density at radius 1 is 1.24 bits per heavy atom. The highest BCUT2D eigenvalue weighted by atomic mass is 16.6. The number of amides is 2. The molecule has 8 heteroatoms. The third kappa shape index (κ3) is 4.80. The molecule has 3 saturated heterocycles. The van der Waals surface area contributed by atoms with E-state index >= 15 is 0 Å². The van der Waals surface area contributed by atoms with E-state index in [1.807, 2.05) is 50.3 Å². The van der Waals surface area contributed by atoms with Crippen molar-refractivity contribution in [2.24, 2.45) is 11.8 Å². The van der Waals surface area contributed by atoms with Gasteiger partial charge in [0.15, 0.2) is 0 Å². The molecule has 6 atom stereocenters. The molecule has 1 aromatic carbocycles. The number of hydrogen-bond acceptors (Lipinski definition) is 6. The van der Waals surface area contributed by atoms with Gasteiger partial charge < -0.3 is 24.4 Å². The molecule has 206 valence electrons. The summed E-state index contributed by atoms with van der Waals surface area (Å²) in [5.74, 6) is -2.67. The molecule has 0 radical (unpaired) electrons. The average molecular weight is 525 g/mol. The van der Waals surface area contributed by atoms with Gasteiger partial charge in [0.2, 0.25) is 11.8 Å². The summed E-state index contributed by atoms with van der Waals surface area (Å²) in [5.41, 5.74) is -0.435. The molecule has 0 aliphatic carbocycles. The molecule has 3 aliphatic rings. The van der Waals surface area contributed by atoms with E-state index in [1.54, 1.807) is 11.0 Å². The molecule has 2 bridgehead atoms. The predicted molar refractivity (Wildman–Crippen MR) is 143 cm³/mol. The van der Waals surface area contributed by atoms with Crippen molar-refractivity contribution in [3.05, 3.63) is 61.2 Å². The minimum absolute atomic E-state index is 0.146. The molecule has 0 saturated carbocycles. The summed E-state index contributed by atoms with van der Waals surface area (Å²) in [7, 11) is 0. The van der Waals surface area contributed by atoms with Gasteiger partial charge in [0, 0.05) is 12.6 Å². The smallest absolute Gasteiger partial charge is 0.312 e. The number of carbonyl (C=O) groups is 3. The van der Waals surface area contributed by atoms with Crippen molar-refractivity contribution < 1.29 is 29.0 Å². The molecule has 3 aliphatic heterocycles. The van der Waals surface area contributed by atoms with Crippen LogP contribution in [-0.2, 0) is 23.9 Å². The molecule has 3 heterocycles. The molecular formula is C30H40N2O6. The number of rotatable bonds is 13. The maximum atomic E-state index is 14.3. The van der Waals surface area contributed by atoms with Crippen molar-refractivity contribution in [1.29, 1.82) is 0 Å². The number of aliphatic hydroxyl groups is 1. The van der Waals surface area contributed by atoms with Crippen LogP contribution in [0.2, 0.25) is 0 Å². The number of esters is 1. The van der Waals surface area contributed by atoms with Gasteiger partial charge in [0.05, 0.1) is 37.2 Å². The summed E-state index contributed by atoms with van der Waals surface area (Å²) in [6.07, 6.45) is 6.48. The van der Waals surface area contributed by atoms with E-state index in [0.29, 0.717) is 31.4 Å². The molecule has 1 spiro atoms. The lowest BCUT2D eigenvalue weighted by Crippen LogP contribution is -2.58. The van der Waals surface area contributed by atoms with E-state index in [1.165, 1.54) is 4.90 Å². The molecular weight excluding hydrogens is 484 g/mol. The van der Waals surface area contributed by atoms with Crippen LogP contribution in [0.3, 0.4) is 0 Å². The molecule has 38 heavy (non-hydrogen) atoms. The molecule has 1 aromatic rings. The van der Waals surface area contributed by atoms with Gasteiger partial charge >= 0.3 is 5.97 Å². The first-order valence-corrected chi connectivity index (χ1v) is 13.7. The van der Waals surface area contributed by atoms with Crippen LogP contribution in [0.1, 0.15) is 57.6 Å². The maximum Gasteiger partial charge on any atom is 0.312 e. The quantitative estimate of drug-likeness (QED) is 0.241. The Labute approximate surface area is 225 Å². The van der Waals surface area contributed by atoms with Gasteiger partial charge in [-0.05, 0) is 51.5 Å². The molecule has 2 amide bonds. The van der Waals surface area contributed by atoms with Crippen molar-refractivity contribution in [1.82, 2.24) is 9.80 Å². The van der Waals surface area contributed by atoms with Gasteiger partial charge in [-0.2, -0.15) is 0 Å². The first kappa shape index (κ1) is 28.0. The summed E-state index contributed by atoms with van der Waals surface area (Å²) >= 11 is 0. The monoisotopic (exact) mass is 524 g/mol. The van der Waals surface area contributed by atoms with E-state index in [4.69, 9.17) is 9.47 Å². The largest absolute Gasteiger partial charge is 0.465 e. The van der Waals surface area contributed by atoms with Gasteiger partial charge in [0.25, 0.3) is 0 Å². The number of unbranched alkanes of at least 4 members (excludes halogenated alkanes) is 2. The van der Waals surface area contributed by atoms with Crippen LogP contribution in [-0.4, -0.2) is 76.2 Å². The van der Waals surface area contributed by atoms with E-state index in [2.05, 4.69) is 13.2 Å². The Bertz CT molecular complexity index is 1040. The highest BCUT2D eigenvalue weighted by molar-refractivity contribution is 5.98. The standard InChI is InChI=1S/C30H40N2O6/c1-5-7-8-12-18-37-29(36)24-23-15-16-30(38-23)25(24)27(34)32(22(19-33)21-13-10-9-11-14-21)26(30)28(35)31(17-6-2)20(3)4/h5-6,9-11,13-14,20,22-26,33H,1-2,7-8,12,15-19H2,3-4H3/t22-,23+,24-,25+,26?,30?/m1/s1. The fraction of sp³-hybridized carbons (Fsp3) is 0.567. The summed E-state index contributed by atoms with van der Waals surface area (Å²) in [6.45, 7) is 11.6. The van der Waals surface area contributed by atoms with Crippen molar-refractivity contribution >= 4 is 17.8 Å². The normalized spacial score (nSPS) is 28.3. The molecule has 4 rings (SSSR count). The maximum absolute atomic E-state index is 14.3. The van der Waals surface area contributed by atoms with Crippen LogP contribution < -0.4 is 0 Å². The van der Waals surface area contributed by atoms with E-state index < -0.39 is 41.6 Å². The van der Waals surface area contributed by atoms with Gasteiger partial charge in [-0.1, -0.05) is 42.5 Å². The second-order valence-corrected chi connectivity index (χ2v) is 10.7. The van der Waals surface area contributed by atoms with Crippen LogP contribution in [0.5, 0.6) is 0 Å². The van der Waals surface area contributed by atoms with E-state index in [0.717, 1.165) is 12.8 Å². The second kappa shape index (κ2) is 11.8. The summed E-state index contributed by atoms with van der Waals surface area (Å²) < 4.78 is 12.1. The first-order chi connectivity index (χ1) is 18.3. The Kier molecular flexibility index (Phi) is 8.73. The highest BCUT2D eigenvalue weighted by Crippen LogP contribution is 2.60. The molecule has 2 unspecified atom stereocenters. The lowest BCUT2D eigenvalue weighted by atomic mass is 9.70. The Hall–Kier alpha value is -2.97. The van der Waals surface area contributed by atoms with Crippen molar-refractivity contribution in [3.8, 4) is 0 Å². The van der Waals surface area contributed by atoms with Gasteiger partial charge in [-0.3, -0.25) is 14.4 Å². The number of benzene rings is 1. The Morgan fingerprint density at radius 3 is 2.61 bits per heavy atom. The number of allylic oxidation sites excluding steroid dienone is 1. The zero-order valence-corrected chi connectivity index (χ0v) is 22.5. The number of ether oxygens (including phenoxy) is 2. The third-order valence-electron chi connectivity index (χ3n) is 8.22. The van der Waals surface area contributed by atoms with E-state index in [9.17, 15) is 19.5 Å². The van der Waals surface area contributed by atoms with Crippen LogP contribution in [0.25, 0.3) is 0 Å². The SMILES string of the molecule is C=CCCCCOC(=O)[C@@H]1[C@@H]2CCC3(O2)C(C(=O)N(CC=C)C(C)C)N([C@H](CO)c2ccccc2)C(=O)[C@H]13. The van der Waals surface area contributed by atoms with Gasteiger partial charge in [0.1, 0.15) is 11.6 Å². The molecule has 8 nitrogen and oxygen atoms in total. The summed E-state index contributed by atoms with van der Waals surface area (Å²) in [6, 6.07) is 7.31. The minimum atomic E-state index is -1.15. The lowest BCUT2D eigenvalue weighted by molar-refractivity contribution is -0.157. The molecule has 1 N–H and O–H groups in total. The molecule has 0 aromatic heterocycles. The summed E-state index contributed by atoms with van der Waals surface area (Å²) in [4.78, 5) is 45.0. The number of carbonyl (C=O) groups excluding carboxylic acids is 3. The predicted octanol–water partition coefficient (Wildman–Crippen LogP) is 3.42. The van der Waals surface area contributed by atoms with Crippen LogP contribution in [0, 0.1) is 11.8 Å². The number of hydrogen-bond donors (Lipinski definition) is 1. The van der Waals surface area contributed by atoms with Crippen molar-refractivity contribution in [2.45, 2.75) is 75.8 Å². The lowest BCUT2D eigenvalue weighted by Gasteiger charge is -2.40. The van der Waals surface area contributed by atoms with Gasteiger partial charge in [-0.25, -0.2) is 0 Å². The fourth-order valence-corrected chi connectivity index (χ4v) is 6.51. The van der Waals surface area contributed by atoms with Crippen molar-refractivity contribution in [2.75, 3.05) is 19.8 Å². The Balaban J connectivity index is 1.72. The van der Waals surface area contributed by atoms with Crippen LogP contribution in [0.15, 0.2) is 55.6 Å². The minimum Gasteiger partial charge on any atom is -0.465 e. The second-order valence-electron chi connectivity index (χ2n) is 10.7. The highest BCUT2D eigenvalue weighted by Gasteiger charge is 2.75. The topological polar surface area (TPSA) is 96.4 Å². The summed E-state index contributed by atoms with van der Waals surface area (Å²) in [5, 5.41) is 10.5. The third-order valence-corrected chi connectivity index (χ3v) is 8.22. The zero-order valence-electron chi connectivity index (χ0n) is 22.5. The number of nitrogens with zero attached hydrogens (tertiary/aromatic N) is 2. The van der Waals surface area contributed by atoms with Crippen molar-refractivity contribution in [3.63, 3.8) is 0 Å². The Morgan fingerprint density at radius 2 is 1.97 bits per heavy atom. The molecule has 3 fully saturated rings. The number of fused-ring (bicyclic) bond motifs is 1. The van der Waals surface area contributed by atoms with E-state index in [-0.39, 0.29) is 31.1 Å². The average Bonchev–Trinajstić information content (AvgIpc) is 3.55. The zero-order chi connectivity index (χ0) is 27.4. The number of aliphatic hydroxyl groups excluding tert-OH is 1. The number of likely N-dealkylation sites (tertiary alicyclic amines) is 1. The van der Waals surface area contributed by atoms with Crippen LogP contribution in [0.4, 0.5) is 0 Å². The van der Waals surface area contributed by atoms with Gasteiger partial charge in [-0.15, -0.1) is 13.2 Å². The first-order valence-electron chi connectivity index (χ1n) is 13.7. The van der Waals surface area contributed by atoms with Crippen LogP contribution >= 0.6 is 0 Å². The fourth-order valence-electron chi connectivity index (χ4n) is 6.51.